The summed E-state index contributed by atoms with van der Waals surface area (Å²) in [5, 5.41) is 12.1. The Morgan fingerprint density at radius 3 is 2.52 bits per heavy atom. The second-order valence-corrected chi connectivity index (χ2v) is 7.14. The highest BCUT2D eigenvalue weighted by Gasteiger charge is 2.24. The molecule has 4 rings (SSSR count). The molecule has 0 spiro atoms. The molecule has 0 bridgehead atoms. The monoisotopic (exact) mass is 407 g/mol. The summed E-state index contributed by atoms with van der Waals surface area (Å²) >= 11 is 1.19. The fraction of sp³-hybridized carbons (Fsp3) is 0. The third-order valence-electron chi connectivity index (χ3n) is 4.16. The molecule has 0 radical (unpaired) electrons. The maximum absolute atomic E-state index is 13.0. The number of nitrogens with one attached hydrogen (secondary N) is 1. The zero-order valence-electron chi connectivity index (χ0n) is 14.9. The molecule has 6 nitrogen and oxygen atoms in total. The fourth-order valence-electron chi connectivity index (χ4n) is 2.76. The predicted molar refractivity (Wildman–Crippen MR) is 110 cm³/mol. The first-order chi connectivity index (χ1) is 14.0. The van der Waals surface area contributed by atoms with E-state index in [1.807, 2.05) is 22.9 Å². The lowest BCUT2D eigenvalue weighted by Gasteiger charge is -2.07. The number of aromatic carboxylic acids is 1. The summed E-state index contributed by atoms with van der Waals surface area (Å²) in [6.45, 7) is 0. The molecule has 1 aliphatic rings. The predicted octanol–water partition coefficient (Wildman–Crippen LogP) is 4.21. The van der Waals surface area contributed by atoms with Gasteiger partial charge in [0.2, 0.25) is 0 Å². The SMILES string of the molecule is O=C1NC(=Nc2ccc(F)cc2)SC1=Cc1cccn1-c1ccc(C(=O)O)cc1. The van der Waals surface area contributed by atoms with Crippen molar-refractivity contribution in [3.05, 3.63) is 88.8 Å². The molecule has 1 fully saturated rings. The van der Waals surface area contributed by atoms with Gasteiger partial charge in [0.25, 0.3) is 5.91 Å². The average Bonchev–Trinajstić information content (AvgIpc) is 3.30. The Bertz CT molecular complexity index is 1150. The van der Waals surface area contributed by atoms with Crippen LogP contribution in [0.15, 0.2) is 76.8 Å². The van der Waals surface area contributed by atoms with Gasteiger partial charge in [-0.15, -0.1) is 0 Å². The van der Waals surface area contributed by atoms with Crippen molar-refractivity contribution in [3.8, 4) is 5.69 Å². The van der Waals surface area contributed by atoms with Crippen LogP contribution in [0, 0.1) is 5.82 Å². The molecule has 1 saturated heterocycles. The van der Waals surface area contributed by atoms with Gasteiger partial charge < -0.3 is 15.0 Å². The van der Waals surface area contributed by atoms with E-state index >= 15 is 0 Å². The van der Waals surface area contributed by atoms with Crippen LogP contribution in [0.3, 0.4) is 0 Å². The maximum atomic E-state index is 13.0. The molecule has 0 unspecified atom stereocenters. The molecule has 1 amide bonds. The van der Waals surface area contributed by atoms with Crippen molar-refractivity contribution in [1.82, 2.24) is 9.88 Å². The second kappa shape index (κ2) is 7.76. The number of carbonyl (C=O) groups is 2. The summed E-state index contributed by atoms with van der Waals surface area (Å²) in [6.07, 6.45) is 3.56. The van der Waals surface area contributed by atoms with Gasteiger partial charge in [0, 0.05) is 17.6 Å². The number of nitrogens with zero attached hydrogens (tertiary/aromatic N) is 2. The molecule has 0 aliphatic carbocycles. The summed E-state index contributed by atoms with van der Waals surface area (Å²) in [5.74, 6) is -1.61. The molecule has 2 heterocycles. The van der Waals surface area contributed by atoms with Crippen LogP contribution in [0.1, 0.15) is 16.1 Å². The molecule has 3 aromatic rings. The molecule has 8 heteroatoms. The number of carboxylic acid groups (broad SMARTS) is 1. The van der Waals surface area contributed by atoms with E-state index in [1.165, 1.54) is 48.2 Å². The van der Waals surface area contributed by atoms with E-state index in [0.29, 0.717) is 15.8 Å². The number of hydrogen-bond donors (Lipinski definition) is 2. The topological polar surface area (TPSA) is 83.7 Å². The van der Waals surface area contributed by atoms with Gasteiger partial charge in [-0.25, -0.2) is 14.2 Å². The normalized spacial score (nSPS) is 16.4. The van der Waals surface area contributed by atoms with Crippen LogP contribution in [0.2, 0.25) is 0 Å². The Balaban J connectivity index is 1.59. The Hall–Kier alpha value is -3.65. The highest BCUT2D eigenvalue weighted by Crippen LogP contribution is 2.29. The van der Waals surface area contributed by atoms with Crippen LogP contribution < -0.4 is 5.32 Å². The van der Waals surface area contributed by atoms with E-state index in [4.69, 9.17) is 5.11 Å². The molecular formula is C21H14FN3O3S. The zero-order chi connectivity index (χ0) is 20.4. The lowest BCUT2D eigenvalue weighted by molar-refractivity contribution is -0.115. The summed E-state index contributed by atoms with van der Waals surface area (Å²) in [6, 6.07) is 15.8. The summed E-state index contributed by atoms with van der Waals surface area (Å²) in [4.78, 5) is 28.1. The van der Waals surface area contributed by atoms with E-state index in [0.717, 1.165) is 11.4 Å². The van der Waals surface area contributed by atoms with Gasteiger partial charge in [-0.2, -0.15) is 0 Å². The first kappa shape index (κ1) is 18.7. The minimum Gasteiger partial charge on any atom is -0.478 e. The first-order valence-corrected chi connectivity index (χ1v) is 9.37. The Morgan fingerprint density at radius 2 is 1.83 bits per heavy atom. The van der Waals surface area contributed by atoms with Gasteiger partial charge in [-0.3, -0.25) is 4.79 Å². The molecule has 1 aliphatic heterocycles. The highest BCUT2D eigenvalue weighted by atomic mass is 32.2. The smallest absolute Gasteiger partial charge is 0.335 e. The molecule has 2 aromatic carbocycles. The number of aromatic nitrogens is 1. The maximum Gasteiger partial charge on any atom is 0.335 e. The first-order valence-electron chi connectivity index (χ1n) is 8.56. The lowest BCUT2D eigenvalue weighted by Crippen LogP contribution is -2.19. The Morgan fingerprint density at radius 1 is 1.10 bits per heavy atom. The molecule has 1 aromatic heterocycles. The number of hydrogen-bond acceptors (Lipinski definition) is 4. The van der Waals surface area contributed by atoms with Crippen molar-refractivity contribution in [1.29, 1.82) is 0 Å². The van der Waals surface area contributed by atoms with Gasteiger partial charge in [-0.1, -0.05) is 0 Å². The molecule has 29 heavy (non-hydrogen) atoms. The van der Waals surface area contributed by atoms with Crippen LogP contribution in [-0.4, -0.2) is 26.7 Å². The molecule has 2 N–H and O–H groups in total. The molecular weight excluding hydrogens is 393 g/mol. The fourth-order valence-corrected chi connectivity index (χ4v) is 3.59. The van der Waals surface area contributed by atoms with Crippen molar-refractivity contribution in [2.24, 2.45) is 4.99 Å². The van der Waals surface area contributed by atoms with Crippen LogP contribution in [0.4, 0.5) is 10.1 Å². The second-order valence-electron chi connectivity index (χ2n) is 6.11. The third-order valence-corrected chi connectivity index (χ3v) is 5.07. The van der Waals surface area contributed by atoms with Crippen molar-refractivity contribution in [2.75, 3.05) is 0 Å². The number of aliphatic imine (C=N–C) groups is 1. The van der Waals surface area contributed by atoms with Crippen molar-refractivity contribution >= 4 is 40.6 Å². The van der Waals surface area contributed by atoms with Crippen LogP contribution in [-0.2, 0) is 4.79 Å². The van der Waals surface area contributed by atoms with E-state index in [9.17, 15) is 14.0 Å². The number of carboxylic acids is 1. The number of amides is 1. The lowest BCUT2D eigenvalue weighted by atomic mass is 10.2. The number of halogens is 1. The minimum absolute atomic E-state index is 0.202. The summed E-state index contributed by atoms with van der Waals surface area (Å²) in [5.41, 5.74) is 2.27. The van der Waals surface area contributed by atoms with Crippen LogP contribution >= 0.6 is 11.8 Å². The highest BCUT2D eigenvalue weighted by molar-refractivity contribution is 8.18. The summed E-state index contributed by atoms with van der Waals surface area (Å²) in [7, 11) is 0. The van der Waals surface area contributed by atoms with Gasteiger partial charge in [0.1, 0.15) is 5.82 Å². The van der Waals surface area contributed by atoms with Gasteiger partial charge in [0.05, 0.1) is 16.2 Å². The number of carbonyl (C=O) groups excluding carboxylic acids is 1. The van der Waals surface area contributed by atoms with E-state index < -0.39 is 5.97 Å². The zero-order valence-corrected chi connectivity index (χ0v) is 15.7. The van der Waals surface area contributed by atoms with Gasteiger partial charge in [-0.05, 0) is 78.5 Å². The largest absolute Gasteiger partial charge is 0.478 e. The molecule has 144 valence electrons. The van der Waals surface area contributed by atoms with Crippen molar-refractivity contribution < 1.29 is 19.1 Å². The number of rotatable bonds is 4. The van der Waals surface area contributed by atoms with Gasteiger partial charge in [0.15, 0.2) is 5.17 Å². The standard InChI is InChI=1S/C21H14FN3O3S/c22-14-5-7-15(8-6-14)23-21-24-19(26)18(29-21)12-17-2-1-11-25(17)16-9-3-13(4-10-16)20(27)28/h1-12H,(H,27,28)(H,23,24,26). The quantitative estimate of drug-likeness (QED) is 0.635. The average molecular weight is 407 g/mol. The Kier molecular flexibility index (Phi) is 5.01. The van der Waals surface area contributed by atoms with Gasteiger partial charge >= 0.3 is 5.97 Å². The Labute approximate surface area is 169 Å². The van der Waals surface area contributed by atoms with Crippen LogP contribution in [0.25, 0.3) is 11.8 Å². The van der Waals surface area contributed by atoms with E-state index in [-0.39, 0.29) is 17.3 Å². The van der Waals surface area contributed by atoms with Crippen molar-refractivity contribution in [3.63, 3.8) is 0 Å². The summed E-state index contributed by atoms with van der Waals surface area (Å²) < 4.78 is 14.9. The number of amidine groups is 1. The molecule has 0 saturated carbocycles. The van der Waals surface area contributed by atoms with Crippen molar-refractivity contribution in [2.45, 2.75) is 0 Å². The van der Waals surface area contributed by atoms with E-state index in [1.54, 1.807) is 18.2 Å². The van der Waals surface area contributed by atoms with E-state index in [2.05, 4.69) is 10.3 Å². The molecule has 0 atom stereocenters. The number of thioether (sulfide) groups is 1. The third kappa shape index (κ3) is 4.12. The minimum atomic E-state index is -0.988. The van der Waals surface area contributed by atoms with Crippen LogP contribution in [0.5, 0.6) is 0 Å². The number of benzene rings is 2.